The molecule has 0 atom stereocenters. The number of hydrogen-bond acceptors (Lipinski definition) is 6. The van der Waals surface area contributed by atoms with Gasteiger partial charge in [-0.15, -0.1) is 0 Å². The zero-order chi connectivity index (χ0) is 19.5. The molecule has 4 heterocycles. The summed E-state index contributed by atoms with van der Waals surface area (Å²) in [5.74, 6) is 0.284. The number of rotatable bonds is 6. The van der Waals surface area contributed by atoms with Crippen molar-refractivity contribution >= 4 is 28.1 Å². The van der Waals surface area contributed by atoms with Crippen LogP contribution in [0.4, 0.5) is 0 Å². The molecule has 0 aliphatic heterocycles. The molecule has 0 saturated carbocycles. The maximum Gasteiger partial charge on any atom is 0.272 e. The summed E-state index contributed by atoms with van der Waals surface area (Å²) >= 11 is 1.61. The lowest BCUT2D eigenvalue weighted by Gasteiger charge is -2.18. The summed E-state index contributed by atoms with van der Waals surface area (Å²) in [5.41, 5.74) is 4.03. The molecule has 28 heavy (non-hydrogen) atoms. The lowest BCUT2D eigenvalue weighted by atomic mass is 10.1. The number of aromatic amines is 1. The van der Waals surface area contributed by atoms with E-state index >= 15 is 0 Å². The molecule has 0 aliphatic rings. The highest BCUT2D eigenvalue weighted by Crippen LogP contribution is 2.30. The maximum absolute atomic E-state index is 12.9. The van der Waals surface area contributed by atoms with Crippen molar-refractivity contribution in [2.45, 2.75) is 13.5 Å². The van der Waals surface area contributed by atoms with Crippen LogP contribution in [0.25, 0.3) is 22.0 Å². The first-order chi connectivity index (χ1) is 13.7. The van der Waals surface area contributed by atoms with Crippen LogP contribution in [0.2, 0.25) is 0 Å². The number of H-pyrrole nitrogens is 1. The van der Waals surface area contributed by atoms with Crippen molar-refractivity contribution in [3.8, 4) is 17.0 Å². The van der Waals surface area contributed by atoms with E-state index in [1.54, 1.807) is 47.9 Å². The molecule has 0 radical (unpaired) electrons. The van der Waals surface area contributed by atoms with Crippen molar-refractivity contribution in [1.29, 1.82) is 0 Å². The second-order valence-corrected chi connectivity index (χ2v) is 7.07. The van der Waals surface area contributed by atoms with Gasteiger partial charge in [0.2, 0.25) is 5.88 Å². The van der Waals surface area contributed by atoms with E-state index in [-0.39, 0.29) is 5.91 Å². The molecule has 0 saturated heterocycles. The van der Waals surface area contributed by atoms with Gasteiger partial charge in [0.15, 0.2) is 0 Å². The molecule has 4 aromatic rings. The largest absolute Gasteiger partial charge is 0.478 e. The highest BCUT2D eigenvalue weighted by Gasteiger charge is 2.18. The van der Waals surface area contributed by atoms with Crippen molar-refractivity contribution in [1.82, 2.24) is 25.1 Å². The summed E-state index contributed by atoms with van der Waals surface area (Å²) in [6.07, 6.45) is 5.19. The predicted molar refractivity (Wildman–Crippen MR) is 108 cm³/mol. The van der Waals surface area contributed by atoms with E-state index in [0.29, 0.717) is 24.7 Å². The Morgan fingerprint density at radius 3 is 2.93 bits per heavy atom. The summed E-state index contributed by atoms with van der Waals surface area (Å²) in [4.78, 5) is 23.3. The molecule has 0 aliphatic carbocycles. The zero-order valence-corrected chi connectivity index (χ0v) is 16.4. The highest BCUT2D eigenvalue weighted by atomic mass is 32.1. The van der Waals surface area contributed by atoms with Gasteiger partial charge in [0.05, 0.1) is 18.3 Å². The highest BCUT2D eigenvalue weighted by molar-refractivity contribution is 7.08. The summed E-state index contributed by atoms with van der Waals surface area (Å²) < 4.78 is 5.70. The molecule has 0 bridgehead atoms. The van der Waals surface area contributed by atoms with E-state index in [9.17, 15) is 4.79 Å². The second-order valence-electron chi connectivity index (χ2n) is 6.29. The quantitative estimate of drug-likeness (QED) is 0.539. The number of amides is 1. The van der Waals surface area contributed by atoms with Gasteiger partial charge in [-0.3, -0.25) is 14.9 Å². The number of pyridine rings is 2. The van der Waals surface area contributed by atoms with E-state index < -0.39 is 0 Å². The number of thiophene rings is 1. The van der Waals surface area contributed by atoms with Gasteiger partial charge in [0.25, 0.3) is 5.91 Å². The molecule has 0 unspecified atom stereocenters. The molecule has 0 aromatic carbocycles. The van der Waals surface area contributed by atoms with Crippen molar-refractivity contribution in [3.63, 3.8) is 0 Å². The molecule has 0 fully saturated rings. The molecular weight excluding hydrogens is 374 g/mol. The van der Waals surface area contributed by atoms with E-state index in [0.717, 1.165) is 27.6 Å². The fourth-order valence-electron chi connectivity index (χ4n) is 3.01. The Morgan fingerprint density at radius 2 is 2.14 bits per heavy atom. The van der Waals surface area contributed by atoms with Crippen LogP contribution in [0.1, 0.15) is 23.0 Å². The van der Waals surface area contributed by atoms with Gasteiger partial charge < -0.3 is 9.64 Å². The number of fused-ring (bicyclic) bond motifs is 1. The minimum atomic E-state index is -0.186. The lowest BCUT2D eigenvalue weighted by Crippen LogP contribution is -2.27. The third-order valence-electron chi connectivity index (χ3n) is 4.38. The van der Waals surface area contributed by atoms with Gasteiger partial charge in [0, 0.05) is 42.5 Å². The van der Waals surface area contributed by atoms with E-state index in [1.807, 2.05) is 29.8 Å². The fourth-order valence-corrected chi connectivity index (χ4v) is 3.67. The molecule has 8 heteroatoms. The number of aromatic nitrogens is 4. The predicted octanol–water partition coefficient (Wildman–Crippen LogP) is 3.75. The first kappa shape index (κ1) is 18.1. The molecule has 4 aromatic heterocycles. The third-order valence-corrected chi connectivity index (χ3v) is 5.06. The van der Waals surface area contributed by atoms with Crippen LogP contribution in [-0.4, -0.2) is 44.6 Å². The van der Waals surface area contributed by atoms with Crippen LogP contribution >= 0.6 is 11.3 Å². The number of nitrogens with zero attached hydrogens (tertiary/aromatic N) is 4. The second kappa shape index (κ2) is 7.77. The Morgan fingerprint density at radius 1 is 1.25 bits per heavy atom. The van der Waals surface area contributed by atoms with E-state index in [1.165, 1.54) is 0 Å². The average Bonchev–Trinajstić information content (AvgIpc) is 3.40. The first-order valence-electron chi connectivity index (χ1n) is 8.85. The Hall–Kier alpha value is -3.26. The molecule has 1 N–H and O–H groups in total. The first-order valence-corrected chi connectivity index (χ1v) is 9.79. The monoisotopic (exact) mass is 393 g/mol. The van der Waals surface area contributed by atoms with Crippen LogP contribution in [0.15, 0.2) is 47.5 Å². The summed E-state index contributed by atoms with van der Waals surface area (Å²) in [6, 6.07) is 5.64. The molecule has 7 nitrogen and oxygen atoms in total. The van der Waals surface area contributed by atoms with Gasteiger partial charge in [-0.2, -0.15) is 16.4 Å². The fraction of sp³-hybridized carbons (Fsp3) is 0.200. The Bertz CT molecular complexity index is 1110. The Balaban J connectivity index is 1.60. The molecule has 142 valence electrons. The lowest BCUT2D eigenvalue weighted by molar-refractivity contribution is 0.0778. The molecular formula is C20H19N5O2S. The van der Waals surface area contributed by atoms with Crippen LogP contribution in [0, 0.1) is 0 Å². The smallest absolute Gasteiger partial charge is 0.272 e. The number of hydrogen-bond donors (Lipinski definition) is 1. The molecule has 4 rings (SSSR count). The van der Waals surface area contributed by atoms with Crippen molar-refractivity contribution < 1.29 is 9.53 Å². The van der Waals surface area contributed by atoms with Crippen molar-refractivity contribution in [2.24, 2.45) is 0 Å². The molecule has 0 spiro atoms. The Labute approximate surface area is 166 Å². The standard InChI is InChI=1S/C20H19N5O2S/c1-3-27-19-16(13-6-7-28-12-13)4-5-17(23-19)20(26)25(2)11-15-9-21-8-14-10-22-24-18(14)15/h4-10,12H,3,11H2,1-2H3,(H,22,24). The number of ether oxygens (including phenoxy) is 1. The Kier molecular flexibility index (Phi) is 5.03. The van der Waals surface area contributed by atoms with Gasteiger partial charge in [-0.1, -0.05) is 0 Å². The van der Waals surface area contributed by atoms with E-state index in [2.05, 4.69) is 20.2 Å². The maximum atomic E-state index is 12.9. The number of carbonyl (C=O) groups is 1. The normalized spacial score (nSPS) is 10.9. The zero-order valence-electron chi connectivity index (χ0n) is 15.5. The van der Waals surface area contributed by atoms with Crippen LogP contribution < -0.4 is 4.74 Å². The SMILES string of the molecule is CCOc1nc(C(=O)N(C)Cc2cncc3cn[nH]c23)ccc1-c1ccsc1. The van der Waals surface area contributed by atoms with Crippen molar-refractivity contribution in [2.75, 3.05) is 13.7 Å². The van der Waals surface area contributed by atoms with Gasteiger partial charge in [-0.25, -0.2) is 4.98 Å². The van der Waals surface area contributed by atoms with Gasteiger partial charge in [0.1, 0.15) is 5.69 Å². The van der Waals surface area contributed by atoms with Crippen LogP contribution in [-0.2, 0) is 6.54 Å². The average molecular weight is 393 g/mol. The van der Waals surface area contributed by atoms with Crippen LogP contribution in [0.3, 0.4) is 0 Å². The summed E-state index contributed by atoms with van der Waals surface area (Å²) in [7, 11) is 1.74. The topological polar surface area (TPSA) is 84.0 Å². The van der Waals surface area contributed by atoms with Crippen LogP contribution in [0.5, 0.6) is 5.88 Å². The number of carbonyl (C=O) groups excluding carboxylic acids is 1. The summed E-state index contributed by atoms with van der Waals surface area (Å²) in [6.45, 7) is 2.77. The van der Waals surface area contributed by atoms with Gasteiger partial charge >= 0.3 is 0 Å². The van der Waals surface area contributed by atoms with E-state index in [4.69, 9.17) is 4.74 Å². The minimum absolute atomic E-state index is 0.186. The van der Waals surface area contributed by atoms with Crippen molar-refractivity contribution in [3.05, 3.63) is 58.8 Å². The third kappa shape index (κ3) is 3.46. The minimum Gasteiger partial charge on any atom is -0.478 e. The molecule has 1 amide bonds. The number of nitrogens with one attached hydrogen (secondary N) is 1. The van der Waals surface area contributed by atoms with Gasteiger partial charge in [-0.05, 0) is 41.4 Å². The summed E-state index contributed by atoms with van der Waals surface area (Å²) in [5, 5.41) is 11.9.